The largest absolute Gasteiger partial charge is 0.495 e. The van der Waals surface area contributed by atoms with Crippen LogP contribution in [0.25, 0.3) is 0 Å². The average Bonchev–Trinajstić information content (AvgIpc) is 3.15. The van der Waals surface area contributed by atoms with E-state index in [-0.39, 0.29) is 5.60 Å². The van der Waals surface area contributed by atoms with Gasteiger partial charge in [0.2, 0.25) is 0 Å². The van der Waals surface area contributed by atoms with E-state index in [4.69, 9.17) is 4.74 Å². The van der Waals surface area contributed by atoms with Gasteiger partial charge in [0.25, 0.3) is 0 Å². The molecule has 1 heteroatoms. The summed E-state index contributed by atoms with van der Waals surface area (Å²) in [6.07, 6.45) is 20.2. The van der Waals surface area contributed by atoms with Crippen LogP contribution in [0.5, 0.6) is 0 Å². The van der Waals surface area contributed by atoms with Gasteiger partial charge in [-0.1, -0.05) is 33.1 Å². The third kappa shape index (κ3) is 1.86. The molecule has 0 aromatic rings. The van der Waals surface area contributed by atoms with E-state index in [0.29, 0.717) is 10.8 Å². The molecule has 7 atom stereocenters. The third-order valence-corrected chi connectivity index (χ3v) is 9.41. The third-order valence-electron chi connectivity index (χ3n) is 9.41. The summed E-state index contributed by atoms with van der Waals surface area (Å²) >= 11 is 0. The van der Waals surface area contributed by atoms with Crippen LogP contribution in [0.15, 0.2) is 12.3 Å². The van der Waals surface area contributed by atoms with Crippen molar-refractivity contribution < 1.29 is 4.74 Å². The van der Waals surface area contributed by atoms with Gasteiger partial charge in [-0.2, -0.15) is 0 Å². The Morgan fingerprint density at radius 2 is 1.83 bits per heavy atom. The molecule has 23 heavy (non-hydrogen) atoms. The van der Waals surface area contributed by atoms with Gasteiger partial charge >= 0.3 is 0 Å². The van der Waals surface area contributed by atoms with Crippen molar-refractivity contribution in [1.82, 2.24) is 0 Å². The van der Waals surface area contributed by atoms with Gasteiger partial charge in [-0.15, -0.1) is 0 Å². The normalized spacial score (nSPS) is 57.7. The summed E-state index contributed by atoms with van der Waals surface area (Å²) in [7, 11) is 0. The zero-order valence-corrected chi connectivity index (χ0v) is 15.2. The molecule has 4 aliphatic carbocycles. The molecule has 0 aromatic heterocycles. The highest BCUT2D eigenvalue weighted by molar-refractivity contribution is 5.17. The highest BCUT2D eigenvalue weighted by Crippen LogP contribution is 2.70. The van der Waals surface area contributed by atoms with Gasteiger partial charge in [0.15, 0.2) is 0 Å². The summed E-state index contributed by atoms with van der Waals surface area (Å²) < 4.78 is 6.52. The lowest BCUT2D eigenvalue weighted by Crippen LogP contribution is -2.62. The number of hydrogen-bond donors (Lipinski definition) is 0. The first-order chi connectivity index (χ1) is 11.1. The van der Waals surface area contributed by atoms with Crippen molar-refractivity contribution in [1.29, 1.82) is 0 Å². The topological polar surface area (TPSA) is 9.23 Å². The minimum absolute atomic E-state index is 0.183. The molecule has 0 N–H and O–H groups in total. The maximum Gasteiger partial charge on any atom is 0.115 e. The minimum Gasteiger partial charge on any atom is -0.495 e. The van der Waals surface area contributed by atoms with Crippen molar-refractivity contribution >= 4 is 0 Å². The second kappa shape index (κ2) is 4.79. The Morgan fingerprint density at radius 3 is 2.65 bits per heavy atom. The van der Waals surface area contributed by atoms with E-state index in [1.165, 1.54) is 70.6 Å². The summed E-state index contributed by atoms with van der Waals surface area (Å²) in [6, 6.07) is 0. The average molecular weight is 315 g/mol. The summed E-state index contributed by atoms with van der Waals surface area (Å²) in [6.45, 7) is 5.30. The molecule has 0 aromatic carbocycles. The van der Waals surface area contributed by atoms with E-state index < -0.39 is 0 Å². The highest BCUT2D eigenvalue weighted by atomic mass is 16.5. The van der Waals surface area contributed by atoms with Crippen molar-refractivity contribution in [2.24, 2.45) is 34.5 Å². The molecule has 4 fully saturated rings. The van der Waals surface area contributed by atoms with Crippen LogP contribution in [0.2, 0.25) is 0 Å². The number of fused-ring (bicyclic) bond motifs is 6. The van der Waals surface area contributed by atoms with Crippen LogP contribution in [0, 0.1) is 34.5 Å². The Hall–Kier alpha value is -0.460. The van der Waals surface area contributed by atoms with Crippen LogP contribution in [0.4, 0.5) is 0 Å². The van der Waals surface area contributed by atoms with Gasteiger partial charge in [-0.05, 0) is 79.6 Å². The molecular formula is C22H34O. The minimum atomic E-state index is 0.183. The lowest BCUT2D eigenvalue weighted by molar-refractivity contribution is -0.203. The monoisotopic (exact) mass is 314 g/mol. The smallest absolute Gasteiger partial charge is 0.115 e. The molecule has 1 heterocycles. The summed E-state index contributed by atoms with van der Waals surface area (Å²) in [5.74, 6) is 3.61. The lowest BCUT2D eigenvalue weighted by atomic mass is 9.41. The first kappa shape index (κ1) is 14.8. The van der Waals surface area contributed by atoms with Crippen molar-refractivity contribution in [3.05, 3.63) is 12.3 Å². The first-order valence-electron chi connectivity index (χ1n) is 10.4. The van der Waals surface area contributed by atoms with E-state index in [9.17, 15) is 0 Å². The van der Waals surface area contributed by atoms with E-state index >= 15 is 0 Å². The molecule has 1 aliphatic heterocycles. The van der Waals surface area contributed by atoms with Gasteiger partial charge in [0, 0.05) is 12.3 Å². The summed E-state index contributed by atoms with van der Waals surface area (Å²) in [5, 5.41) is 0. The first-order valence-corrected chi connectivity index (χ1v) is 10.4. The Bertz CT molecular complexity index is 514. The molecule has 1 nitrogen and oxygen atoms in total. The molecule has 5 aliphatic rings. The Labute approximate surface area is 142 Å². The predicted molar refractivity (Wildman–Crippen MR) is 93.9 cm³/mol. The molecule has 0 bridgehead atoms. The van der Waals surface area contributed by atoms with Crippen LogP contribution in [-0.2, 0) is 4.74 Å². The Morgan fingerprint density at radius 1 is 0.913 bits per heavy atom. The quantitative estimate of drug-likeness (QED) is 0.525. The van der Waals surface area contributed by atoms with Crippen molar-refractivity contribution in [3.8, 4) is 0 Å². The van der Waals surface area contributed by atoms with Crippen molar-refractivity contribution in [2.45, 2.75) is 90.1 Å². The zero-order chi connectivity index (χ0) is 15.7. The van der Waals surface area contributed by atoms with E-state index in [1.54, 1.807) is 0 Å². The van der Waals surface area contributed by atoms with Crippen LogP contribution < -0.4 is 0 Å². The van der Waals surface area contributed by atoms with Crippen LogP contribution >= 0.6 is 0 Å². The zero-order valence-electron chi connectivity index (χ0n) is 15.2. The standard InChI is InChI=1S/C22H34O/c1-20-10-5-8-17(20)19-18(9-13-20)21(2)11-4-3-7-16(21)15-22(19)12-6-14-23-22/h6,14,16-19H,3-5,7-13,15H2,1-2H3/t16?,17-,18-,19-,20-,21-,22?/m0/s1. The fourth-order valence-corrected chi connectivity index (χ4v) is 8.23. The molecule has 0 amide bonds. The van der Waals surface area contributed by atoms with Crippen LogP contribution in [0.1, 0.15) is 84.5 Å². The van der Waals surface area contributed by atoms with Crippen molar-refractivity contribution in [3.63, 3.8) is 0 Å². The number of rotatable bonds is 0. The van der Waals surface area contributed by atoms with Gasteiger partial charge in [-0.3, -0.25) is 0 Å². The van der Waals surface area contributed by atoms with Crippen LogP contribution in [0.3, 0.4) is 0 Å². The van der Waals surface area contributed by atoms with E-state index in [0.717, 1.165) is 23.7 Å². The fraction of sp³-hybridized carbons (Fsp3) is 0.909. The second-order valence-electron chi connectivity index (χ2n) is 10.2. The molecule has 4 saturated carbocycles. The van der Waals surface area contributed by atoms with E-state index in [2.05, 4.69) is 26.2 Å². The van der Waals surface area contributed by atoms with Crippen LogP contribution in [-0.4, -0.2) is 5.60 Å². The maximum atomic E-state index is 6.52. The molecule has 0 saturated heterocycles. The Kier molecular flexibility index (Phi) is 3.09. The molecule has 1 spiro atoms. The maximum absolute atomic E-state index is 6.52. The molecule has 2 unspecified atom stereocenters. The fourth-order valence-electron chi connectivity index (χ4n) is 8.23. The molecular weight excluding hydrogens is 280 g/mol. The van der Waals surface area contributed by atoms with Gasteiger partial charge in [0.1, 0.15) is 5.60 Å². The van der Waals surface area contributed by atoms with Gasteiger partial charge in [0.05, 0.1) is 6.26 Å². The summed E-state index contributed by atoms with van der Waals surface area (Å²) in [4.78, 5) is 0. The SMILES string of the molecule is C[C@@]12CCC[C@H]1[C@H]1[C@H](CC2)[C@@]2(C)CCCCC2CC12CC=CO2. The second-order valence-corrected chi connectivity index (χ2v) is 10.2. The van der Waals surface area contributed by atoms with Gasteiger partial charge < -0.3 is 4.74 Å². The summed E-state index contributed by atoms with van der Waals surface area (Å²) in [5.41, 5.74) is 1.42. The Balaban J connectivity index is 1.59. The highest BCUT2D eigenvalue weighted by Gasteiger charge is 2.65. The molecule has 128 valence electrons. The molecule has 0 radical (unpaired) electrons. The lowest BCUT2D eigenvalue weighted by Gasteiger charge is -2.65. The van der Waals surface area contributed by atoms with Gasteiger partial charge in [-0.25, -0.2) is 0 Å². The number of hydrogen-bond acceptors (Lipinski definition) is 1. The molecule has 5 rings (SSSR count). The van der Waals surface area contributed by atoms with Crippen molar-refractivity contribution in [2.75, 3.05) is 0 Å². The predicted octanol–water partition coefficient (Wildman–Crippen LogP) is 6.09. The number of ether oxygens (including phenoxy) is 1. The van der Waals surface area contributed by atoms with E-state index in [1.807, 2.05) is 0 Å².